The predicted octanol–water partition coefficient (Wildman–Crippen LogP) is 2.89. The second kappa shape index (κ2) is 5.98. The topological polar surface area (TPSA) is 56.1 Å². The number of nitrogens with zero attached hydrogens (tertiary/aromatic N) is 2. The van der Waals surface area contributed by atoms with Crippen LogP contribution in [-0.4, -0.2) is 17.5 Å². The Balaban J connectivity index is 1.56. The first-order chi connectivity index (χ1) is 10.3. The molecule has 2 aromatic rings. The van der Waals surface area contributed by atoms with Gasteiger partial charge in [0.15, 0.2) is 0 Å². The van der Waals surface area contributed by atoms with Gasteiger partial charge in [-0.05, 0) is 41.1 Å². The summed E-state index contributed by atoms with van der Waals surface area (Å²) < 4.78 is 0. The van der Waals surface area contributed by atoms with Crippen molar-refractivity contribution in [2.24, 2.45) is 0 Å². The van der Waals surface area contributed by atoms with E-state index >= 15 is 0 Å². The number of carbonyl (C=O) groups excluding carboxylic acids is 1. The van der Waals surface area contributed by atoms with E-state index in [0.717, 1.165) is 18.5 Å². The van der Waals surface area contributed by atoms with Gasteiger partial charge in [-0.1, -0.05) is 12.1 Å². The Kier molecular flexibility index (Phi) is 3.89. The van der Waals surface area contributed by atoms with E-state index in [1.165, 1.54) is 10.4 Å². The zero-order chi connectivity index (χ0) is 14.7. The fourth-order valence-electron chi connectivity index (χ4n) is 2.41. The van der Waals surface area contributed by atoms with Crippen LogP contribution in [0.4, 0.5) is 4.79 Å². The lowest BCUT2D eigenvalue weighted by Gasteiger charge is -2.27. The number of benzene rings is 1. The highest BCUT2D eigenvalue weighted by Crippen LogP contribution is 2.23. The van der Waals surface area contributed by atoms with Gasteiger partial charge in [-0.15, -0.1) is 11.3 Å². The highest BCUT2D eigenvalue weighted by molar-refractivity contribution is 7.10. The Bertz CT molecular complexity index is 684. The molecule has 1 aliphatic rings. The number of urea groups is 1. The molecule has 0 unspecified atom stereocenters. The Labute approximate surface area is 127 Å². The highest BCUT2D eigenvalue weighted by Gasteiger charge is 2.20. The molecular formula is C16H15N3OS. The smallest absolute Gasteiger partial charge is 0.317 e. The first-order valence-electron chi connectivity index (χ1n) is 6.83. The summed E-state index contributed by atoms with van der Waals surface area (Å²) in [5, 5.41) is 13.8. The summed E-state index contributed by atoms with van der Waals surface area (Å²) in [6.45, 7) is 1.95. The number of amides is 2. The lowest BCUT2D eigenvalue weighted by Crippen LogP contribution is -2.42. The SMILES string of the molecule is N#Cc1ccc(CNC(=O)N2CCc3sccc3C2)cc1. The molecule has 0 saturated heterocycles. The molecule has 0 fully saturated rings. The minimum atomic E-state index is -0.0313. The molecule has 0 radical (unpaired) electrons. The van der Waals surface area contributed by atoms with Crippen LogP contribution >= 0.6 is 11.3 Å². The summed E-state index contributed by atoms with van der Waals surface area (Å²) in [6, 6.07) is 11.4. The minimum absolute atomic E-state index is 0.0313. The van der Waals surface area contributed by atoms with E-state index in [4.69, 9.17) is 5.26 Å². The zero-order valence-corrected chi connectivity index (χ0v) is 12.3. The van der Waals surface area contributed by atoms with Gasteiger partial charge in [0.25, 0.3) is 0 Å². The second-order valence-electron chi connectivity index (χ2n) is 5.01. The monoisotopic (exact) mass is 297 g/mol. The lowest BCUT2D eigenvalue weighted by atomic mass is 10.1. The summed E-state index contributed by atoms with van der Waals surface area (Å²) in [7, 11) is 0. The average Bonchev–Trinajstić information content (AvgIpc) is 3.00. The molecule has 0 atom stereocenters. The van der Waals surface area contributed by atoms with Crippen LogP contribution in [0, 0.1) is 11.3 Å². The number of nitriles is 1. The van der Waals surface area contributed by atoms with Gasteiger partial charge in [0.1, 0.15) is 0 Å². The van der Waals surface area contributed by atoms with Crippen molar-refractivity contribution in [1.82, 2.24) is 10.2 Å². The molecule has 1 aromatic carbocycles. The molecule has 2 amide bonds. The zero-order valence-electron chi connectivity index (χ0n) is 11.5. The molecule has 4 nitrogen and oxygen atoms in total. The van der Waals surface area contributed by atoms with Gasteiger partial charge in [0.2, 0.25) is 0 Å². The van der Waals surface area contributed by atoms with E-state index in [1.807, 2.05) is 17.0 Å². The predicted molar refractivity (Wildman–Crippen MR) is 81.8 cm³/mol. The molecule has 0 saturated carbocycles. The summed E-state index contributed by atoms with van der Waals surface area (Å²) in [4.78, 5) is 15.4. The molecule has 1 N–H and O–H groups in total. The Hall–Kier alpha value is -2.32. The maximum Gasteiger partial charge on any atom is 0.317 e. The van der Waals surface area contributed by atoms with E-state index in [0.29, 0.717) is 18.7 Å². The number of rotatable bonds is 2. The van der Waals surface area contributed by atoms with Gasteiger partial charge >= 0.3 is 6.03 Å². The van der Waals surface area contributed by atoms with E-state index in [1.54, 1.807) is 23.5 Å². The molecule has 2 heterocycles. The first-order valence-corrected chi connectivity index (χ1v) is 7.71. The lowest BCUT2D eigenvalue weighted by molar-refractivity contribution is 0.192. The van der Waals surface area contributed by atoms with Crippen molar-refractivity contribution in [1.29, 1.82) is 5.26 Å². The van der Waals surface area contributed by atoms with Crippen molar-refractivity contribution < 1.29 is 4.79 Å². The van der Waals surface area contributed by atoms with Crippen LogP contribution in [0.2, 0.25) is 0 Å². The van der Waals surface area contributed by atoms with Crippen molar-refractivity contribution >= 4 is 17.4 Å². The standard InChI is InChI=1S/C16H15N3OS/c17-9-12-1-3-13(4-2-12)10-18-16(20)19-7-5-15-14(11-19)6-8-21-15/h1-4,6,8H,5,7,10-11H2,(H,18,20). The molecule has 3 rings (SSSR count). The molecule has 0 spiro atoms. The van der Waals surface area contributed by atoms with E-state index < -0.39 is 0 Å². The molecule has 106 valence electrons. The molecule has 0 aliphatic carbocycles. The maximum atomic E-state index is 12.2. The molecule has 21 heavy (non-hydrogen) atoms. The van der Waals surface area contributed by atoms with Crippen LogP contribution in [0.5, 0.6) is 0 Å². The fourth-order valence-corrected chi connectivity index (χ4v) is 3.30. The summed E-state index contributed by atoms with van der Waals surface area (Å²) in [6.07, 6.45) is 0.942. The normalized spacial score (nSPS) is 13.4. The third-order valence-electron chi connectivity index (χ3n) is 3.62. The van der Waals surface area contributed by atoms with Crippen molar-refractivity contribution in [3.63, 3.8) is 0 Å². The molecule has 1 aliphatic heterocycles. The van der Waals surface area contributed by atoms with Crippen molar-refractivity contribution in [2.45, 2.75) is 19.5 Å². The van der Waals surface area contributed by atoms with Crippen LogP contribution in [-0.2, 0) is 19.5 Å². The van der Waals surface area contributed by atoms with Gasteiger partial charge in [0, 0.05) is 24.5 Å². The van der Waals surface area contributed by atoms with Crippen LogP contribution in [0.25, 0.3) is 0 Å². The van der Waals surface area contributed by atoms with E-state index in [-0.39, 0.29) is 6.03 Å². The Morgan fingerprint density at radius 3 is 2.90 bits per heavy atom. The second-order valence-corrected chi connectivity index (χ2v) is 6.01. The van der Waals surface area contributed by atoms with E-state index in [9.17, 15) is 4.79 Å². The molecule has 5 heteroatoms. The summed E-state index contributed by atoms with van der Waals surface area (Å²) in [5.74, 6) is 0. The van der Waals surface area contributed by atoms with Crippen molar-refractivity contribution in [3.8, 4) is 6.07 Å². The van der Waals surface area contributed by atoms with Gasteiger partial charge in [0.05, 0.1) is 11.6 Å². The van der Waals surface area contributed by atoms with Crippen LogP contribution in [0.1, 0.15) is 21.6 Å². The third-order valence-corrected chi connectivity index (χ3v) is 4.64. The summed E-state index contributed by atoms with van der Waals surface area (Å²) >= 11 is 1.77. The van der Waals surface area contributed by atoms with Crippen LogP contribution in [0.3, 0.4) is 0 Å². The largest absolute Gasteiger partial charge is 0.334 e. The maximum absolute atomic E-state index is 12.2. The number of fused-ring (bicyclic) bond motifs is 1. The highest BCUT2D eigenvalue weighted by atomic mass is 32.1. The average molecular weight is 297 g/mol. The first kappa shape index (κ1) is 13.7. The Morgan fingerprint density at radius 2 is 2.14 bits per heavy atom. The van der Waals surface area contributed by atoms with Gasteiger partial charge in [-0.3, -0.25) is 0 Å². The van der Waals surface area contributed by atoms with Gasteiger partial charge in [-0.25, -0.2) is 4.79 Å². The van der Waals surface area contributed by atoms with Crippen LogP contribution in [0.15, 0.2) is 35.7 Å². The van der Waals surface area contributed by atoms with Gasteiger partial charge < -0.3 is 10.2 Å². The van der Waals surface area contributed by atoms with Crippen LogP contribution < -0.4 is 5.32 Å². The number of carbonyl (C=O) groups is 1. The van der Waals surface area contributed by atoms with Crippen molar-refractivity contribution in [2.75, 3.05) is 6.54 Å². The van der Waals surface area contributed by atoms with E-state index in [2.05, 4.69) is 22.8 Å². The minimum Gasteiger partial charge on any atom is -0.334 e. The number of hydrogen-bond acceptors (Lipinski definition) is 3. The molecule has 1 aromatic heterocycles. The van der Waals surface area contributed by atoms with Gasteiger partial charge in [-0.2, -0.15) is 5.26 Å². The number of nitrogens with one attached hydrogen (secondary N) is 1. The third kappa shape index (κ3) is 3.06. The molecule has 0 bridgehead atoms. The molecular weight excluding hydrogens is 282 g/mol. The number of thiophene rings is 1. The summed E-state index contributed by atoms with van der Waals surface area (Å²) in [5.41, 5.74) is 2.89. The number of hydrogen-bond donors (Lipinski definition) is 1. The fraction of sp³-hybridized carbons (Fsp3) is 0.250. The Morgan fingerprint density at radius 1 is 1.33 bits per heavy atom. The quantitative estimate of drug-likeness (QED) is 0.926. The van der Waals surface area contributed by atoms with Crippen molar-refractivity contribution in [3.05, 3.63) is 57.3 Å².